The van der Waals surface area contributed by atoms with Crippen molar-refractivity contribution in [2.45, 2.75) is 39.5 Å². The first-order valence-electron chi connectivity index (χ1n) is 9.83. The highest BCUT2D eigenvalue weighted by Crippen LogP contribution is 2.40. The molecular weight excluding hydrogens is 357 g/mol. The quantitative estimate of drug-likeness (QED) is 0.734. The van der Waals surface area contributed by atoms with Gasteiger partial charge >= 0.3 is 0 Å². The normalized spacial score (nSPS) is 18.6. The number of nitrogens with zero attached hydrogens (tertiary/aromatic N) is 1. The fraction of sp³-hybridized carbons (Fsp3) is 0.435. The third-order valence-corrected chi connectivity index (χ3v) is 7.00. The van der Waals surface area contributed by atoms with Crippen LogP contribution in [-0.4, -0.2) is 30.3 Å². The summed E-state index contributed by atoms with van der Waals surface area (Å²) in [5.41, 5.74) is 6.38. The third kappa shape index (κ3) is 3.78. The van der Waals surface area contributed by atoms with Gasteiger partial charge in [0.2, 0.25) is 0 Å². The lowest BCUT2D eigenvalue weighted by molar-refractivity contribution is -0.120. The van der Waals surface area contributed by atoms with Crippen LogP contribution in [0.1, 0.15) is 48.3 Å². The molecule has 1 aliphatic heterocycles. The molecule has 1 aromatic heterocycles. The van der Waals surface area contributed by atoms with Gasteiger partial charge in [-0.05, 0) is 78.4 Å². The van der Waals surface area contributed by atoms with Gasteiger partial charge in [-0.1, -0.05) is 18.6 Å². The summed E-state index contributed by atoms with van der Waals surface area (Å²) in [6.45, 7) is 6.48. The van der Waals surface area contributed by atoms with E-state index >= 15 is 0 Å². The van der Waals surface area contributed by atoms with Crippen LogP contribution < -0.4 is 0 Å². The van der Waals surface area contributed by atoms with Gasteiger partial charge in [0, 0.05) is 30.4 Å². The number of carbonyl (C=O) groups is 1. The minimum atomic E-state index is -0.154. The van der Waals surface area contributed by atoms with Crippen LogP contribution in [0.2, 0.25) is 0 Å². The molecule has 4 heteroatoms. The number of halogens is 1. The third-order valence-electron chi connectivity index (χ3n) is 6.02. The number of Topliss-reactive ketones (excluding diaryl/α,β-unsaturated/α-hetero) is 1. The highest BCUT2D eigenvalue weighted by atomic mass is 32.1. The minimum Gasteiger partial charge on any atom is -0.302 e. The van der Waals surface area contributed by atoms with E-state index in [9.17, 15) is 9.18 Å². The summed E-state index contributed by atoms with van der Waals surface area (Å²) in [6.07, 6.45) is 3.99. The largest absolute Gasteiger partial charge is 0.302 e. The molecule has 0 saturated carbocycles. The number of aryl methyl sites for hydroxylation is 2. The summed E-state index contributed by atoms with van der Waals surface area (Å²) in [4.78, 5) is 15.4. The van der Waals surface area contributed by atoms with Crippen molar-refractivity contribution in [3.05, 3.63) is 62.6 Å². The lowest BCUT2D eigenvalue weighted by Crippen LogP contribution is -2.36. The van der Waals surface area contributed by atoms with Crippen LogP contribution in [0, 0.1) is 11.7 Å². The molecular formula is C23H26FNOS. The number of carbonyl (C=O) groups excluding carboxylic acids is 1. The topological polar surface area (TPSA) is 20.3 Å². The van der Waals surface area contributed by atoms with E-state index in [0.29, 0.717) is 0 Å². The van der Waals surface area contributed by atoms with Gasteiger partial charge in [-0.2, -0.15) is 0 Å². The average Bonchev–Trinajstić information content (AvgIpc) is 3.05. The Balaban J connectivity index is 1.68. The van der Waals surface area contributed by atoms with Crippen LogP contribution in [0.5, 0.6) is 0 Å². The number of thiophene rings is 1. The lowest BCUT2D eigenvalue weighted by atomic mass is 9.87. The number of piperidine rings is 1. The Labute approximate surface area is 164 Å². The Kier molecular flexibility index (Phi) is 5.29. The van der Waals surface area contributed by atoms with Crippen LogP contribution in [0.15, 0.2) is 35.2 Å². The molecule has 1 aliphatic carbocycles. The summed E-state index contributed by atoms with van der Waals surface area (Å²) >= 11 is 1.82. The first-order chi connectivity index (χ1) is 13.0. The van der Waals surface area contributed by atoms with Gasteiger partial charge in [0.15, 0.2) is 0 Å². The zero-order chi connectivity index (χ0) is 19.0. The van der Waals surface area contributed by atoms with Crippen molar-refractivity contribution >= 4 is 22.7 Å². The second kappa shape index (κ2) is 7.69. The Morgan fingerprint density at radius 2 is 1.93 bits per heavy atom. The Morgan fingerprint density at radius 3 is 2.67 bits per heavy atom. The first kappa shape index (κ1) is 18.6. The highest BCUT2D eigenvalue weighted by molar-refractivity contribution is 7.10. The number of fused-ring (bicyclic) bond motifs is 2. The van der Waals surface area contributed by atoms with Gasteiger partial charge in [-0.15, -0.1) is 11.3 Å². The summed E-state index contributed by atoms with van der Waals surface area (Å²) in [7, 11) is 0. The van der Waals surface area contributed by atoms with Crippen LogP contribution in [-0.2, 0) is 17.6 Å². The first-order valence-corrected chi connectivity index (χ1v) is 10.7. The predicted molar refractivity (Wildman–Crippen MR) is 110 cm³/mol. The summed E-state index contributed by atoms with van der Waals surface area (Å²) in [5.74, 6) is 0.198. The molecule has 27 heavy (non-hydrogen) atoms. The molecule has 4 rings (SSSR count). The minimum absolute atomic E-state index is 0.0929. The monoisotopic (exact) mass is 383 g/mol. The highest BCUT2D eigenvalue weighted by Gasteiger charge is 2.25. The Hall–Kier alpha value is -1.78. The van der Waals surface area contributed by atoms with Crippen molar-refractivity contribution in [3.63, 3.8) is 0 Å². The van der Waals surface area contributed by atoms with E-state index < -0.39 is 0 Å². The van der Waals surface area contributed by atoms with E-state index in [1.54, 1.807) is 19.1 Å². The van der Waals surface area contributed by atoms with Gasteiger partial charge in [-0.25, -0.2) is 4.39 Å². The van der Waals surface area contributed by atoms with Gasteiger partial charge in [-0.3, -0.25) is 4.79 Å². The molecule has 0 amide bonds. The van der Waals surface area contributed by atoms with E-state index in [1.165, 1.54) is 27.2 Å². The Bertz CT molecular complexity index is 888. The maximum atomic E-state index is 14.1. The van der Waals surface area contributed by atoms with Gasteiger partial charge < -0.3 is 4.90 Å². The fourth-order valence-electron chi connectivity index (χ4n) is 4.30. The molecule has 2 aromatic rings. The van der Waals surface area contributed by atoms with E-state index in [4.69, 9.17) is 0 Å². The number of benzene rings is 1. The summed E-state index contributed by atoms with van der Waals surface area (Å²) in [6, 6.07) is 7.50. The van der Waals surface area contributed by atoms with Gasteiger partial charge in [0.05, 0.1) is 0 Å². The maximum absolute atomic E-state index is 14.1. The van der Waals surface area contributed by atoms with Crippen molar-refractivity contribution < 1.29 is 9.18 Å². The maximum Gasteiger partial charge on any atom is 0.133 e. The number of likely N-dealkylation sites (tertiary alicyclic amines) is 1. The number of hydrogen-bond donors (Lipinski definition) is 0. The van der Waals surface area contributed by atoms with Crippen molar-refractivity contribution in [1.82, 2.24) is 4.90 Å². The van der Waals surface area contributed by atoms with E-state index in [-0.39, 0.29) is 17.5 Å². The molecule has 1 unspecified atom stereocenters. The van der Waals surface area contributed by atoms with Crippen LogP contribution >= 0.6 is 11.3 Å². The Morgan fingerprint density at radius 1 is 1.15 bits per heavy atom. The molecule has 0 N–H and O–H groups in total. The number of hydrogen-bond acceptors (Lipinski definition) is 3. The molecule has 1 aromatic carbocycles. The molecule has 1 fully saturated rings. The van der Waals surface area contributed by atoms with Crippen LogP contribution in [0.25, 0.3) is 5.57 Å². The summed E-state index contributed by atoms with van der Waals surface area (Å²) < 4.78 is 14.1. The predicted octanol–water partition coefficient (Wildman–Crippen LogP) is 5.11. The van der Waals surface area contributed by atoms with E-state index in [0.717, 1.165) is 50.9 Å². The van der Waals surface area contributed by atoms with E-state index in [2.05, 4.69) is 16.3 Å². The van der Waals surface area contributed by atoms with Crippen molar-refractivity contribution in [2.24, 2.45) is 5.92 Å². The molecule has 0 spiro atoms. The molecule has 1 atom stereocenters. The summed E-state index contributed by atoms with van der Waals surface area (Å²) in [5, 5.41) is 2.17. The lowest BCUT2D eigenvalue weighted by Gasteiger charge is -2.31. The molecule has 2 heterocycles. The second-order valence-corrected chi connectivity index (χ2v) is 8.85. The van der Waals surface area contributed by atoms with E-state index in [1.807, 2.05) is 24.3 Å². The van der Waals surface area contributed by atoms with Crippen LogP contribution in [0.3, 0.4) is 0 Å². The standard InChI is InChI=1S/C23H26FNOS/c1-15(16(2)26)14-25-10-7-18(8-11-25)23-20-9-12-27-22(20)6-4-17-3-5-19(24)13-21(17)23/h3,5,9,12-13,15H,4,6-8,10-11,14H2,1-2H3. The average molecular weight is 384 g/mol. The van der Waals surface area contributed by atoms with Crippen molar-refractivity contribution in [1.29, 1.82) is 0 Å². The molecule has 142 valence electrons. The number of rotatable bonds is 3. The molecule has 0 radical (unpaired) electrons. The molecule has 2 aliphatic rings. The smallest absolute Gasteiger partial charge is 0.133 e. The second-order valence-electron chi connectivity index (χ2n) is 7.85. The molecule has 1 saturated heterocycles. The van der Waals surface area contributed by atoms with Gasteiger partial charge in [0.1, 0.15) is 11.6 Å². The SMILES string of the molecule is CC(=O)C(C)CN1CCC(=C2c3cc(F)ccc3CCc3sccc32)CC1. The molecule has 0 bridgehead atoms. The van der Waals surface area contributed by atoms with Crippen molar-refractivity contribution in [3.8, 4) is 0 Å². The number of ketones is 1. The van der Waals surface area contributed by atoms with Crippen LogP contribution in [0.4, 0.5) is 4.39 Å². The molecule has 2 nitrogen and oxygen atoms in total. The van der Waals surface area contributed by atoms with Gasteiger partial charge in [0.25, 0.3) is 0 Å². The fourth-order valence-corrected chi connectivity index (χ4v) is 5.19. The van der Waals surface area contributed by atoms with Crippen molar-refractivity contribution in [2.75, 3.05) is 19.6 Å². The zero-order valence-corrected chi connectivity index (χ0v) is 16.9. The zero-order valence-electron chi connectivity index (χ0n) is 16.1.